The molecule has 0 aromatic carbocycles. The number of hydrogen-bond donors (Lipinski definition) is 2. The van der Waals surface area contributed by atoms with Gasteiger partial charge in [0.25, 0.3) is 0 Å². The molecule has 0 aromatic rings. The third-order valence-electron chi connectivity index (χ3n) is 0.225. The molecule has 0 radical (unpaired) electrons. The quantitative estimate of drug-likeness (QED) is 0.119. The van der Waals surface area contributed by atoms with Crippen molar-refractivity contribution in [2.24, 2.45) is 0 Å². The van der Waals surface area contributed by atoms with Crippen LogP contribution in [0, 0.1) is 0 Å². The van der Waals surface area contributed by atoms with Gasteiger partial charge in [-0.2, -0.15) is 4.83 Å². The van der Waals surface area contributed by atoms with Gasteiger partial charge in [0.2, 0.25) is 6.41 Å². The molecule has 0 aliphatic heterocycles. The maximum Gasteiger partial charge on any atom is 1.00 e. The Morgan fingerprint density at radius 2 is 2.38 bits per heavy atom. The summed E-state index contributed by atoms with van der Waals surface area (Å²) in [5.41, 5.74) is 2.18. The molecule has 0 heterocycles. The summed E-state index contributed by atoms with van der Waals surface area (Å²) >= 11 is 5.52. The summed E-state index contributed by atoms with van der Waals surface area (Å²) in [6.45, 7) is 0. The summed E-state index contributed by atoms with van der Waals surface area (Å²) < 4.78 is 1.40. The van der Waals surface area contributed by atoms with Crippen LogP contribution in [0.2, 0.25) is 0 Å². The van der Waals surface area contributed by atoms with Crippen molar-refractivity contribution in [3.63, 3.8) is 0 Å². The van der Waals surface area contributed by atoms with E-state index in [-0.39, 0.29) is 52.8 Å². The monoisotopic (exact) mass is 176 g/mol. The van der Waals surface area contributed by atoms with Gasteiger partial charge in [0.15, 0.2) is 0 Å². The SMILES string of the molecule is O=CNNSC=S.[H-].[K+]. The molecule has 6 heteroatoms. The van der Waals surface area contributed by atoms with Crippen molar-refractivity contribution in [1.82, 2.24) is 10.3 Å². The van der Waals surface area contributed by atoms with Crippen LogP contribution in [-0.4, -0.2) is 11.1 Å². The predicted molar refractivity (Wildman–Crippen MR) is 34.7 cm³/mol. The fraction of sp³-hybridized carbons (Fsp3) is 0. The van der Waals surface area contributed by atoms with E-state index in [1.54, 1.807) is 0 Å². The van der Waals surface area contributed by atoms with Crippen LogP contribution in [0.4, 0.5) is 0 Å². The van der Waals surface area contributed by atoms with Crippen molar-refractivity contribution < 1.29 is 57.6 Å². The fourth-order valence-corrected chi connectivity index (χ4v) is 0.391. The van der Waals surface area contributed by atoms with Crippen LogP contribution < -0.4 is 61.6 Å². The van der Waals surface area contributed by atoms with Gasteiger partial charge in [0.1, 0.15) is 0 Å². The minimum Gasteiger partial charge on any atom is -1.00 e. The van der Waals surface area contributed by atoms with Crippen LogP contribution in [0.25, 0.3) is 0 Å². The summed E-state index contributed by atoms with van der Waals surface area (Å²) in [4.78, 5) is 11.9. The van der Waals surface area contributed by atoms with Gasteiger partial charge >= 0.3 is 51.4 Å². The van der Waals surface area contributed by atoms with Crippen LogP contribution in [0.3, 0.4) is 0 Å². The van der Waals surface area contributed by atoms with Gasteiger partial charge in [-0.25, -0.2) is 0 Å². The van der Waals surface area contributed by atoms with Crippen molar-refractivity contribution in [2.75, 3.05) is 0 Å². The minimum atomic E-state index is 0. The second-order valence-corrected chi connectivity index (χ2v) is 1.79. The smallest absolute Gasteiger partial charge is 1.00 e. The standard InChI is InChI=1S/C2H4N2OS2.K.H/c5-1-3-4-7-2-6;;/h1-2,4H,(H,3,5);;/q;+1;-1. The number of carbonyl (C=O) groups is 1. The predicted octanol–water partition coefficient (Wildman–Crippen LogP) is -3.04. The molecule has 0 spiro atoms. The molecule has 0 bridgehead atoms. The maximum atomic E-state index is 9.44. The second kappa shape index (κ2) is 11.3. The van der Waals surface area contributed by atoms with Gasteiger partial charge in [-0.3, -0.25) is 10.2 Å². The zero-order valence-corrected chi connectivity index (χ0v) is 9.14. The van der Waals surface area contributed by atoms with Crippen molar-refractivity contribution in [1.29, 1.82) is 0 Å². The topological polar surface area (TPSA) is 41.1 Å². The van der Waals surface area contributed by atoms with Crippen LogP contribution in [-0.2, 0) is 4.79 Å². The first-order chi connectivity index (χ1) is 3.41. The summed E-state index contributed by atoms with van der Waals surface area (Å²) in [6.07, 6.45) is 0.534. The molecular weight excluding hydrogens is 171 g/mol. The number of amides is 1. The Bertz CT molecular complexity index is 67.6. The summed E-state index contributed by atoms with van der Waals surface area (Å²) in [7, 11) is 0. The van der Waals surface area contributed by atoms with E-state index in [4.69, 9.17) is 0 Å². The van der Waals surface area contributed by atoms with E-state index in [1.807, 2.05) is 0 Å². The van der Waals surface area contributed by atoms with E-state index in [9.17, 15) is 4.79 Å². The molecule has 0 saturated heterocycles. The molecular formula is C2H5KN2OS2. The molecule has 0 aliphatic carbocycles. The maximum absolute atomic E-state index is 9.44. The molecule has 1 amide bonds. The molecule has 2 N–H and O–H groups in total. The van der Waals surface area contributed by atoms with Gasteiger partial charge < -0.3 is 1.43 Å². The number of hydrogen-bond acceptors (Lipinski definition) is 4. The normalized spacial score (nSPS) is 6.50. The van der Waals surface area contributed by atoms with Crippen molar-refractivity contribution in [3.8, 4) is 0 Å². The van der Waals surface area contributed by atoms with E-state index >= 15 is 0 Å². The Morgan fingerprint density at radius 1 is 1.75 bits per heavy atom. The summed E-state index contributed by atoms with van der Waals surface area (Å²) in [5.74, 6) is 0. The van der Waals surface area contributed by atoms with Crippen LogP contribution >= 0.6 is 24.2 Å². The van der Waals surface area contributed by atoms with Gasteiger partial charge in [0.05, 0.1) is 4.70 Å². The minimum absolute atomic E-state index is 0. The Morgan fingerprint density at radius 3 is 2.75 bits per heavy atom. The van der Waals surface area contributed by atoms with Crippen molar-refractivity contribution in [2.45, 2.75) is 0 Å². The van der Waals surface area contributed by atoms with E-state index in [0.717, 1.165) is 11.9 Å². The van der Waals surface area contributed by atoms with Crippen LogP contribution in [0.5, 0.6) is 0 Å². The zero-order chi connectivity index (χ0) is 5.54. The van der Waals surface area contributed by atoms with Crippen molar-refractivity contribution >= 4 is 35.3 Å². The molecule has 3 nitrogen and oxygen atoms in total. The first-order valence-electron chi connectivity index (χ1n) is 1.45. The number of rotatable bonds is 4. The Balaban J connectivity index is -0.000000180. The van der Waals surface area contributed by atoms with E-state index in [2.05, 4.69) is 22.5 Å². The number of carbonyl (C=O) groups excluding carboxylic acids is 1. The first kappa shape index (κ1) is 12.2. The zero-order valence-electron chi connectivity index (χ0n) is 5.38. The van der Waals surface area contributed by atoms with Crippen LogP contribution in [0.1, 0.15) is 1.43 Å². The average molecular weight is 176 g/mol. The first-order valence-corrected chi connectivity index (χ1v) is 2.80. The van der Waals surface area contributed by atoms with Crippen molar-refractivity contribution in [3.05, 3.63) is 0 Å². The van der Waals surface area contributed by atoms with Gasteiger partial charge in [-0.15, -0.1) is 0 Å². The Labute approximate surface area is 101 Å². The Hall–Kier alpha value is 1.51. The molecule has 0 atom stereocenters. The third-order valence-corrected chi connectivity index (χ3v) is 0.845. The fourth-order valence-electron chi connectivity index (χ4n) is 0.0821. The van der Waals surface area contributed by atoms with Gasteiger partial charge in [-0.1, -0.05) is 12.2 Å². The number of thiocarbonyl (C=S) groups is 1. The van der Waals surface area contributed by atoms with E-state index < -0.39 is 0 Å². The number of nitrogens with one attached hydrogen (secondary N) is 2. The van der Waals surface area contributed by atoms with Gasteiger partial charge in [0, 0.05) is 0 Å². The van der Waals surface area contributed by atoms with Crippen LogP contribution in [0.15, 0.2) is 0 Å². The Kier molecular flexibility index (Phi) is 17.3. The third kappa shape index (κ3) is 10.5. The summed E-state index contributed by atoms with van der Waals surface area (Å²) in [5, 5.41) is 0. The molecule has 0 aliphatic rings. The second-order valence-electron chi connectivity index (χ2n) is 0.578. The van der Waals surface area contributed by atoms with Gasteiger partial charge in [-0.05, 0) is 11.9 Å². The van der Waals surface area contributed by atoms with E-state index in [1.165, 1.54) is 4.70 Å². The molecule has 0 unspecified atom stereocenters. The molecule has 0 aromatic heterocycles. The number of hydrazine groups is 1. The molecule has 42 valence electrons. The largest absolute Gasteiger partial charge is 1.00 e. The molecule has 0 fully saturated rings. The summed E-state index contributed by atoms with van der Waals surface area (Å²) in [6, 6.07) is 0. The molecule has 0 rings (SSSR count). The van der Waals surface area contributed by atoms with E-state index in [0.29, 0.717) is 6.41 Å². The average Bonchev–Trinajstić information content (AvgIpc) is 1.69. The molecule has 0 saturated carbocycles. The molecule has 8 heavy (non-hydrogen) atoms.